The van der Waals surface area contributed by atoms with Gasteiger partial charge in [-0.05, 0) is 43.2 Å². The largest absolute Gasteiger partial charge is 0.349 e. The Labute approximate surface area is 173 Å². The lowest BCUT2D eigenvalue weighted by Gasteiger charge is -2.31. The lowest BCUT2D eigenvalue weighted by atomic mass is 10.0. The predicted molar refractivity (Wildman–Crippen MR) is 109 cm³/mol. The van der Waals surface area contributed by atoms with Crippen molar-refractivity contribution in [3.05, 3.63) is 77.1 Å². The molecular formula is C21H20ClN5O2. The molecule has 148 valence electrons. The number of nitrogens with one attached hydrogen (secondary N) is 1. The molecule has 8 heteroatoms. The van der Waals surface area contributed by atoms with Crippen molar-refractivity contribution in [2.24, 2.45) is 0 Å². The molecule has 1 aromatic heterocycles. The van der Waals surface area contributed by atoms with Gasteiger partial charge in [0.1, 0.15) is 0 Å². The maximum Gasteiger partial charge on any atom is 0.276 e. The summed E-state index contributed by atoms with van der Waals surface area (Å²) in [6.07, 6.45) is 3.01. The highest BCUT2D eigenvalue weighted by molar-refractivity contribution is 6.30. The smallest absolute Gasteiger partial charge is 0.276 e. The van der Waals surface area contributed by atoms with Gasteiger partial charge in [-0.1, -0.05) is 41.1 Å². The Balaban J connectivity index is 1.34. The first-order valence-electron chi connectivity index (χ1n) is 9.43. The topological polar surface area (TPSA) is 80.1 Å². The van der Waals surface area contributed by atoms with Crippen LogP contribution in [0.1, 0.15) is 33.7 Å². The van der Waals surface area contributed by atoms with E-state index in [0.717, 1.165) is 5.69 Å². The Morgan fingerprint density at radius 1 is 1.03 bits per heavy atom. The fourth-order valence-corrected chi connectivity index (χ4v) is 3.54. The van der Waals surface area contributed by atoms with Crippen molar-refractivity contribution in [3.63, 3.8) is 0 Å². The predicted octanol–water partition coefficient (Wildman–Crippen LogP) is 2.96. The molecule has 7 nitrogen and oxygen atoms in total. The zero-order chi connectivity index (χ0) is 20.2. The van der Waals surface area contributed by atoms with Gasteiger partial charge in [-0.2, -0.15) is 0 Å². The quantitative estimate of drug-likeness (QED) is 0.718. The van der Waals surface area contributed by atoms with Gasteiger partial charge in [-0.3, -0.25) is 9.59 Å². The van der Waals surface area contributed by atoms with Crippen molar-refractivity contribution in [2.75, 3.05) is 13.1 Å². The van der Waals surface area contributed by atoms with Gasteiger partial charge in [0.15, 0.2) is 5.69 Å². The van der Waals surface area contributed by atoms with E-state index in [4.69, 9.17) is 11.6 Å². The molecule has 0 aliphatic carbocycles. The van der Waals surface area contributed by atoms with Crippen LogP contribution in [0.25, 0.3) is 5.69 Å². The summed E-state index contributed by atoms with van der Waals surface area (Å²) in [4.78, 5) is 26.8. The number of carbonyl (C=O) groups is 2. The van der Waals surface area contributed by atoms with Crippen LogP contribution in [0, 0.1) is 0 Å². The van der Waals surface area contributed by atoms with Gasteiger partial charge in [0.2, 0.25) is 0 Å². The van der Waals surface area contributed by atoms with E-state index in [1.165, 1.54) is 4.68 Å². The highest BCUT2D eigenvalue weighted by Crippen LogP contribution is 2.16. The fraction of sp³-hybridized carbons (Fsp3) is 0.238. The summed E-state index contributed by atoms with van der Waals surface area (Å²) in [5.74, 6) is -0.244. The van der Waals surface area contributed by atoms with E-state index in [1.54, 1.807) is 35.4 Å². The molecule has 1 aliphatic rings. The van der Waals surface area contributed by atoms with Gasteiger partial charge in [-0.15, -0.1) is 5.10 Å². The average Bonchev–Trinajstić information content (AvgIpc) is 3.25. The highest BCUT2D eigenvalue weighted by Gasteiger charge is 2.26. The molecule has 2 aromatic carbocycles. The first-order valence-corrected chi connectivity index (χ1v) is 9.81. The van der Waals surface area contributed by atoms with Crippen LogP contribution < -0.4 is 5.32 Å². The second-order valence-corrected chi connectivity index (χ2v) is 7.37. The van der Waals surface area contributed by atoms with E-state index in [9.17, 15) is 9.59 Å². The van der Waals surface area contributed by atoms with Gasteiger partial charge in [0.25, 0.3) is 11.8 Å². The van der Waals surface area contributed by atoms with E-state index in [1.807, 2.05) is 30.3 Å². The number of piperidine rings is 1. The molecule has 2 amide bonds. The number of rotatable bonds is 4. The van der Waals surface area contributed by atoms with E-state index >= 15 is 0 Å². The zero-order valence-electron chi connectivity index (χ0n) is 15.7. The highest BCUT2D eigenvalue weighted by atomic mass is 35.5. The normalized spacial score (nSPS) is 14.6. The molecule has 1 aliphatic heterocycles. The molecule has 0 saturated carbocycles. The Bertz CT molecular complexity index is 1010. The minimum absolute atomic E-state index is 0.0499. The molecule has 0 atom stereocenters. The van der Waals surface area contributed by atoms with Gasteiger partial charge in [0, 0.05) is 29.7 Å². The Morgan fingerprint density at radius 3 is 2.52 bits per heavy atom. The fourth-order valence-electron chi connectivity index (χ4n) is 3.35. The molecule has 2 heterocycles. The molecule has 0 unspecified atom stereocenters. The van der Waals surface area contributed by atoms with Crippen LogP contribution in [0.15, 0.2) is 60.8 Å². The molecule has 3 aromatic rings. The van der Waals surface area contributed by atoms with Crippen molar-refractivity contribution in [1.82, 2.24) is 25.2 Å². The number of hydrogen-bond acceptors (Lipinski definition) is 4. The van der Waals surface area contributed by atoms with E-state index in [-0.39, 0.29) is 23.6 Å². The Morgan fingerprint density at radius 2 is 1.79 bits per heavy atom. The molecule has 1 N–H and O–H groups in total. The summed E-state index contributed by atoms with van der Waals surface area (Å²) in [5.41, 5.74) is 1.67. The van der Waals surface area contributed by atoms with Crippen molar-refractivity contribution >= 4 is 23.4 Å². The average molecular weight is 410 g/mol. The first-order chi connectivity index (χ1) is 14.1. The SMILES string of the molecule is O=C(NC1CCN(C(=O)c2cn(-c3cccc(Cl)c3)nn2)CC1)c1ccccc1. The minimum Gasteiger partial charge on any atom is -0.349 e. The van der Waals surface area contributed by atoms with Crippen molar-refractivity contribution < 1.29 is 9.59 Å². The third-order valence-electron chi connectivity index (χ3n) is 4.94. The summed E-state index contributed by atoms with van der Waals surface area (Å²) < 4.78 is 1.53. The number of halogens is 1. The molecule has 4 rings (SSSR count). The third kappa shape index (κ3) is 4.46. The van der Waals surface area contributed by atoms with E-state index in [2.05, 4.69) is 15.6 Å². The minimum atomic E-state index is -0.161. The molecule has 1 saturated heterocycles. The molecule has 29 heavy (non-hydrogen) atoms. The number of hydrogen-bond donors (Lipinski definition) is 1. The summed E-state index contributed by atoms with van der Waals surface area (Å²) >= 11 is 6.01. The number of amides is 2. The van der Waals surface area contributed by atoms with E-state index in [0.29, 0.717) is 36.5 Å². The maximum atomic E-state index is 12.8. The number of benzene rings is 2. The number of likely N-dealkylation sites (tertiary alicyclic amines) is 1. The molecule has 0 spiro atoms. The molecule has 1 fully saturated rings. The van der Waals surface area contributed by atoms with Crippen LogP contribution in [0.4, 0.5) is 0 Å². The van der Waals surface area contributed by atoms with Crippen molar-refractivity contribution in [1.29, 1.82) is 0 Å². The van der Waals surface area contributed by atoms with Crippen molar-refractivity contribution in [3.8, 4) is 5.69 Å². The monoisotopic (exact) mass is 409 g/mol. The van der Waals surface area contributed by atoms with Crippen LogP contribution in [-0.4, -0.2) is 50.8 Å². The summed E-state index contributed by atoms with van der Waals surface area (Å²) in [5, 5.41) is 11.7. The first kappa shape index (κ1) is 19.1. The zero-order valence-corrected chi connectivity index (χ0v) is 16.4. The summed E-state index contributed by atoms with van der Waals surface area (Å²) in [6.45, 7) is 1.12. The molecule has 0 bridgehead atoms. The Hall–Kier alpha value is -3.19. The van der Waals surface area contributed by atoms with Crippen molar-refractivity contribution in [2.45, 2.75) is 18.9 Å². The van der Waals surface area contributed by atoms with Crippen LogP contribution in [0.3, 0.4) is 0 Å². The molecular weight excluding hydrogens is 390 g/mol. The van der Waals surface area contributed by atoms with Gasteiger partial charge in [-0.25, -0.2) is 4.68 Å². The number of aromatic nitrogens is 3. The van der Waals surface area contributed by atoms with E-state index < -0.39 is 0 Å². The second-order valence-electron chi connectivity index (χ2n) is 6.93. The Kier molecular flexibility index (Phi) is 5.57. The standard InChI is InChI=1S/C21H20ClN5O2/c22-16-7-4-8-18(13-16)27-14-19(24-25-27)21(29)26-11-9-17(10-12-26)23-20(28)15-5-2-1-3-6-15/h1-8,13-14,17H,9-12H2,(H,23,28). The summed E-state index contributed by atoms with van der Waals surface area (Å²) in [7, 11) is 0. The number of nitrogens with zero attached hydrogens (tertiary/aromatic N) is 4. The number of carbonyl (C=O) groups excluding carboxylic acids is 2. The lowest BCUT2D eigenvalue weighted by molar-refractivity contribution is 0.0692. The lowest BCUT2D eigenvalue weighted by Crippen LogP contribution is -2.46. The summed E-state index contributed by atoms with van der Waals surface area (Å²) in [6, 6.07) is 16.4. The van der Waals surface area contributed by atoms with Crippen LogP contribution >= 0.6 is 11.6 Å². The third-order valence-corrected chi connectivity index (χ3v) is 5.17. The van der Waals surface area contributed by atoms with Crippen LogP contribution in [0.2, 0.25) is 5.02 Å². The van der Waals surface area contributed by atoms with Gasteiger partial charge < -0.3 is 10.2 Å². The van der Waals surface area contributed by atoms with Crippen LogP contribution in [0.5, 0.6) is 0 Å². The second kappa shape index (κ2) is 8.45. The molecule has 0 radical (unpaired) electrons. The maximum absolute atomic E-state index is 12.8. The van der Waals surface area contributed by atoms with Crippen LogP contribution in [-0.2, 0) is 0 Å². The van der Waals surface area contributed by atoms with Gasteiger partial charge in [0.05, 0.1) is 11.9 Å². The van der Waals surface area contributed by atoms with Gasteiger partial charge >= 0.3 is 0 Å².